The Morgan fingerprint density at radius 1 is 1.41 bits per heavy atom. The first-order chi connectivity index (χ1) is 8.26. The van der Waals surface area contributed by atoms with E-state index >= 15 is 0 Å². The van der Waals surface area contributed by atoms with E-state index in [9.17, 15) is 4.79 Å². The smallest absolute Gasteiger partial charge is 0.306 e. The number of esters is 1. The van der Waals surface area contributed by atoms with Crippen LogP contribution in [0.5, 0.6) is 5.75 Å². The summed E-state index contributed by atoms with van der Waals surface area (Å²) < 4.78 is 10.2. The summed E-state index contributed by atoms with van der Waals surface area (Å²) in [6.07, 6.45) is 1.25. The molecule has 17 heavy (non-hydrogen) atoms. The van der Waals surface area contributed by atoms with Gasteiger partial charge in [-0.3, -0.25) is 4.79 Å². The van der Waals surface area contributed by atoms with E-state index in [-0.39, 0.29) is 5.97 Å². The van der Waals surface area contributed by atoms with Crippen molar-refractivity contribution in [3.05, 3.63) is 29.8 Å². The largest absolute Gasteiger partial charge is 0.497 e. The van der Waals surface area contributed by atoms with Gasteiger partial charge in [0.15, 0.2) is 0 Å². The molecule has 0 atom stereocenters. The van der Waals surface area contributed by atoms with Crippen molar-refractivity contribution in [2.45, 2.75) is 19.4 Å². The Morgan fingerprint density at radius 2 is 2.24 bits per heavy atom. The molecule has 0 spiro atoms. The molecule has 0 amide bonds. The van der Waals surface area contributed by atoms with Crippen LogP contribution in [-0.2, 0) is 16.1 Å². The zero-order valence-electron chi connectivity index (χ0n) is 10.4. The summed E-state index contributed by atoms with van der Waals surface area (Å²) in [6, 6.07) is 7.51. The second kappa shape index (κ2) is 7.68. The summed E-state index contributed by atoms with van der Waals surface area (Å²) in [6.45, 7) is 1.13. The second-order valence-corrected chi connectivity index (χ2v) is 3.72. The Hall–Kier alpha value is -1.55. The monoisotopic (exact) mass is 237 g/mol. The molecule has 0 fully saturated rings. The number of hydrogen-bond donors (Lipinski definition) is 1. The van der Waals surface area contributed by atoms with Crippen LogP contribution in [-0.4, -0.2) is 26.7 Å². The van der Waals surface area contributed by atoms with Crippen LogP contribution >= 0.6 is 0 Å². The van der Waals surface area contributed by atoms with Gasteiger partial charge in [0.25, 0.3) is 0 Å². The molecule has 0 heterocycles. The molecule has 4 nitrogen and oxygen atoms in total. The van der Waals surface area contributed by atoms with E-state index in [1.165, 1.54) is 0 Å². The number of carbonyl (C=O) groups excluding carboxylic acids is 1. The summed E-state index contributed by atoms with van der Waals surface area (Å²) in [5.41, 5.74) is 0.936. The first-order valence-corrected chi connectivity index (χ1v) is 5.69. The Balaban J connectivity index is 2.31. The molecule has 0 bridgehead atoms. The quantitative estimate of drug-likeness (QED) is 0.579. The highest BCUT2D eigenvalue weighted by atomic mass is 16.5. The molecule has 0 aliphatic carbocycles. The van der Waals surface area contributed by atoms with Gasteiger partial charge in [0.1, 0.15) is 12.4 Å². The Bertz CT molecular complexity index is 352. The molecule has 0 saturated carbocycles. The van der Waals surface area contributed by atoms with Crippen molar-refractivity contribution in [2.75, 3.05) is 20.7 Å². The fourth-order valence-corrected chi connectivity index (χ4v) is 1.41. The van der Waals surface area contributed by atoms with E-state index < -0.39 is 0 Å². The lowest BCUT2D eigenvalue weighted by Gasteiger charge is -2.06. The van der Waals surface area contributed by atoms with Crippen LogP contribution in [0.15, 0.2) is 24.3 Å². The van der Waals surface area contributed by atoms with E-state index in [0.717, 1.165) is 24.3 Å². The van der Waals surface area contributed by atoms with Crippen LogP contribution < -0.4 is 10.1 Å². The fraction of sp³-hybridized carbons (Fsp3) is 0.462. The normalized spacial score (nSPS) is 10.0. The van der Waals surface area contributed by atoms with Crippen LogP contribution in [0.3, 0.4) is 0 Å². The minimum absolute atomic E-state index is 0.164. The summed E-state index contributed by atoms with van der Waals surface area (Å²) in [4.78, 5) is 11.4. The highest BCUT2D eigenvalue weighted by Crippen LogP contribution is 2.13. The molecule has 0 aliphatic heterocycles. The number of rotatable bonds is 7. The van der Waals surface area contributed by atoms with Gasteiger partial charge in [-0.2, -0.15) is 0 Å². The average Bonchev–Trinajstić information content (AvgIpc) is 2.37. The van der Waals surface area contributed by atoms with Gasteiger partial charge in [0.05, 0.1) is 7.11 Å². The number of carbonyl (C=O) groups is 1. The lowest BCUT2D eigenvalue weighted by atomic mass is 10.2. The maximum Gasteiger partial charge on any atom is 0.306 e. The summed E-state index contributed by atoms with van der Waals surface area (Å²) in [7, 11) is 3.48. The molecule has 1 rings (SSSR count). The van der Waals surface area contributed by atoms with Gasteiger partial charge in [0.2, 0.25) is 0 Å². The van der Waals surface area contributed by atoms with E-state index in [1.54, 1.807) is 7.11 Å². The van der Waals surface area contributed by atoms with Gasteiger partial charge in [-0.05, 0) is 37.7 Å². The highest BCUT2D eigenvalue weighted by molar-refractivity contribution is 5.69. The Labute approximate surface area is 102 Å². The van der Waals surface area contributed by atoms with Crippen molar-refractivity contribution in [3.8, 4) is 5.75 Å². The maximum atomic E-state index is 11.4. The van der Waals surface area contributed by atoms with Gasteiger partial charge in [-0.1, -0.05) is 12.1 Å². The zero-order valence-corrected chi connectivity index (χ0v) is 10.4. The molecule has 4 heteroatoms. The van der Waals surface area contributed by atoms with Crippen molar-refractivity contribution in [1.29, 1.82) is 0 Å². The highest BCUT2D eigenvalue weighted by Gasteiger charge is 2.03. The predicted molar refractivity (Wildman–Crippen MR) is 66.0 cm³/mol. The molecule has 0 aromatic heterocycles. The summed E-state index contributed by atoms with van der Waals surface area (Å²) >= 11 is 0. The SMILES string of the molecule is CNCCCC(=O)OCc1cccc(OC)c1. The number of ether oxygens (including phenoxy) is 2. The molecular formula is C13H19NO3. The first-order valence-electron chi connectivity index (χ1n) is 5.69. The van der Waals surface area contributed by atoms with Crippen LogP contribution in [0, 0.1) is 0 Å². The minimum atomic E-state index is -0.164. The van der Waals surface area contributed by atoms with Crippen molar-refractivity contribution in [3.63, 3.8) is 0 Å². The van der Waals surface area contributed by atoms with Crippen LogP contribution in [0.2, 0.25) is 0 Å². The molecule has 0 aliphatic rings. The molecule has 0 radical (unpaired) electrons. The van der Waals surface area contributed by atoms with E-state index in [2.05, 4.69) is 5.32 Å². The van der Waals surface area contributed by atoms with Crippen LogP contribution in [0.4, 0.5) is 0 Å². The molecule has 1 N–H and O–H groups in total. The number of benzene rings is 1. The van der Waals surface area contributed by atoms with Gasteiger partial charge >= 0.3 is 5.97 Å². The Morgan fingerprint density at radius 3 is 2.94 bits per heavy atom. The maximum absolute atomic E-state index is 11.4. The molecule has 1 aromatic rings. The zero-order chi connectivity index (χ0) is 12.5. The summed E-state index contributed by atoms with van der Waals surface area (Å²) in [5.74, 6) is 0.608. The van der Waals surface area contributed by atoms with Gasteiger partial charge in [-0.25, -0.2) is 0 Å². The van der Waals surface area contributed by atoms with Gasteiger partial charge in [-0.15, -0.1) is 0 Å². The van der Waals surface area contributed by atoms with E-state index in [0.29, 0.717) is 13.0 Å². The van der Waals surface area contributed by atoms with Crippen molar-refractivity contribution < 1.29 is 14.3 Å². The molecular weight excluding hydrogens is 218 g/mol. The predicted octanol–water partition coefficient (Wildman–Crippen LogP) is 1.74. The average molecular weight is 237 g/mol. The minimum Gasteiger partial charge on any atom is -0.497 e. The van der Waals surface area contributed by atoms with Crippen LogP contribution in [0.25, 0.3) is 0 Å². The molecule has 1 aromatic carbocycles. The van der Waals surface area contributed by atoms with E-state index in [4.69, 9.17) is 9.47 Å². The Kier molecular flexibility index (Phi) is 6.10. The summed E-state index contributed by atoms with van der Waals surface area (Å²) in [5, 5.41) is 2.99. The lowest BCUT2D eigenvalue weighted by Crippen LogP contribution is -2.11. The van der Waals surface area contributed by atoms with Crippen LogP contribution in [0.1, 0.15) is 18.4 Å². The van der Waals surface area contributed by atoms with Crippen molar-refractivity contribution in [1.82, 2.24) is 5.32 Å². The number of nitrogens with one attached hydrogen (secondary N) is 1. The second-order valence-electron chi connectivity index (χ2n) is 3.72. The van der Waals surface area contributed by atoms with Crippen molar-refractivity contribution in [2.24, 2.45) is 0 Å². The van der Waals surface area contributed by atoms with Gasteiger partial charge in [0, 0.05) is 6.42 Å². The number of hydrogen-bond acceptors (Lipinski definition) is 4. The van der Waals surface area contributed by atoms with Crippen molar-refractivity contribution >= 4 is 5.97 Å². The first kappa shape index (κ1) is 13.5. The third kappa shape index (κ3) is 5.36. The lowest BCUT2D eigenvalue weighted by molar-refractivity contribution is -0.145. The van der Waals surface area contributed by atoms with E-state index in [1.807, 2.05) is 31.3 Å². The molecule has 94 valence electrons. The fourth-order valence-electron chi connectivity index (χ4n) is 1.41. The third-order valence-electron chi connectivity index (χ3n) is 2.34. The van der Waals surface area contributed by atoms with Gasteiger partial charge < -0.3 is 14.8 Å². The standard InChI is InChI=1S/C13H19NO3/c1-14-8-4-7-13(15)17-10-11-5-3-6-12(9-11)16-2/h3,5-6,9,14H,4,7-8,10H2,1-2H3. The molecule has 0 saturated heterocycles. The number of methoxy groups -OCH3 is 1. The molecule has 0 unspecified atom stereocenters. The third-order valence-corrected chi connectivity index (χ3v) is 2.34. The topological polar surface area (TPSA) is 47.6 Å².